The van der Waals surface area contributed by atoms with Gasteiger partial charge < -0.3 is 10.1 Å². The molecular weight excluding hydrogens is 382 g/mol. The maximum atomic E-state index is 12.5. The monoisotopic (exact) mass is 421 g/mol. The van der Waals surface area contributed by atoms with Crippen LogP contribution in [0, 0.1) is 0 Å². The third-order valence-corrected chi connectivity index (χ3v) is 7.63. The summed E-state index contributed by atoms with van der Waals surface area (Å²) in [6.45, 7) is 14.3. The number of methoxy groups -OCH3 is 1. The van der Waals surface area contributed by atoms with Crippen molar-refractivity contribution < 1.29 is 9.53 Å². The molecule has 3 nitrogen and oxygen atoms in total. The van der Waals surface area contributed by atoms with Crippen molar-refractivity contribution in [2.75, 3.05) is 12.4 Å². The van der Waals surface area contributed by atoms with Crippen LogP contribution in [0.4, 0.5) is 5.69 Å². The molecule has 0 unspecified atom stereocenters. The highest BCUT2D eigenvalue weighted by Gasteiger charge is 2.38. The number of hydrogen-bond acceptors (Lipinski definition) is 3. The molecule has 0 heterocycles. The summed E-state index contributed by atoms with van der Waals surface area (Å²) in [6.07, 6.45) is 3.91. The Morgan fingerprint density at radius 1 is 0.935 bits per heavy atom. The van der Waals surface area contributed by atoms with Gasteiger partial charge in [0, 0.05) is 12.2 Å². The molecule has 0 atom stereocenters. The van der Waals surface area contributed by atoms with Gasteiger partial charge in [0.1, 0.15) is 0 Å². The molecular formula is C28H39NO2. The van der Waals surface area contributed by atoms with Crippen molar-refractivity contribution >= 4 is 11.7 Å². The van der Waals surface area contributed by atoms with E-state index in [1.54, 1.807) is 0 Å². The summed E-state index contributed by atoms with van der Waals surface area (Å²) in [5.74, 6) is -0.155. The third kappa shape index (κ3) is 4.37. The van der Waals surface area contributed by atoms with Gasteiger partial charge in [-0.3, -0.25) is 4.79 Å². The molecule has 3 heteroatoms. The molecule has 0 saturated heterocycles. The number of fused-ring (bicyclic) bond motifs is 1. The molecule has 1 aliphatic carbocycles. The first-order valence-corrected chi connectivity index (χ1v) is 11.7. The van der Waals surface area contributed by atoms with Crippen molar-refractivity contribution in [3.8, 4) is 0 Å². The fourth-order valence-corrected chi connectivity index (χ4v) is 5.12. The summed E-state index contributed by atoms with van der Waals surface area (Å²) in [7, 11) is 1.47. The highest BCUT2D eigenvalue weighted by molar-refractivity contribution is 5.83. The molecule has 0 amide bonds. The Kier molecular flexibility index (Phi) is 6.55. The van der Waals surface area contributed by atoms with Gasteiger partial charge in [0.15, 0.2) is 0 Å². The van der Waals surface area contributed by atoms with Gasteiger partial charge in [0.2, 0.25) is 0 Å². The zero-order valence-corrected chi connectivity index (χ0v) is 20.4. The van der Waals surface area contributed by atoms with Crippen LogP contribution in [0.15, 0.2) is 42.5 Å². The number of hydrogen-bond donors (Lipinski definition) is 1. The number of carbonyl (C=O) groups excluding carboxylic acids is 1. The predicted octanol–water partition coefficient (Wildman–Crippen LogP) is 6.88. The standard InChI is InChI=1S/C28H39NO2/c1-8-28(9-2,25(30)31-7)21-11-13-22(14-12-21)29-19-20-10-15-23-24(18-20)27(5,6)17-16-26(23,3)4/h10-15,18,29H,8-9,16-17,19H2,1-7H3. The largest absolute Gasteiger partial charge is 0.468 e. The summed E-state index contributed by atoms with van der Waals surface area (Å²) < 4.78 is 5.11. The molecule has 2 aromatic carbocycles. The van der Waals surface area contributed by atoms with Crippen LogP contribution in [-0.4, -0.2) is 13.1 Å². The van der Waals surface area contributed by atoms with Crippen molar-refractivity contribution in [3.63, 3.8) is 0 Å². The molecule has 1 N–H and O–H groups in total. The molecule has 0 aromatic heterocycles. The average Bonchev–Trinajstić information content (AvgIpc) is 2.77. The fourth-order valence-electron chi connectivity index (χ4n) is 5.12. The molecule has 0 saturated carbocycles. The van der Waals surface area contributed by atoms with Crippen LogP contribution in [0.2, 0.25) is 0 Å². The van der Waals surface area contributed by atoms with Crippen molar-refractivity contribution in [1.29, 1.82) is 0 Å². The van der Waals surface area contributed by atoms with Crippen molar-refractivity contribution in [1.82, 2.24) is 0 Å². The van der Waals surface area contributed by atoms with E-state index in [1.165, 1.54) is 36.6 Å². The molecule has 0 aliphatic heterocycles. The Morgan fingerprint density at radius 3 is 2.06 bits per heavy atom. The number of esters is 1. The maximum absolute atomic E-state index is 12.5. The van der Waals surface area contributed by atoms with Crippen LogP contribution >= 0.6 is 0 Å². The van der Waals surface area contributed by atoms with Gasteiger partial charge in [-0.1, -0.05) is 71.9 Å². The molecule has 1 aliphatic rings. The molecule has 31 heavy (non-hydrogen) atoms. The van der Waals surface area contributed by atoms with Gasteiger partial charge in [-0.2, -0.15) is 0 Å². The lowest BCUT2D eigenvalue weighted by Gasteiger charge is -2.42. The number of benzene rings is 2. The molecule has 3 rings (SSSR count). The predicted molar refractivity (Wildman–Crippen MR) is 130 cm³/mol. The maximum Gasteiger partial charge on any atom is 0.316 e. The topological polar surface area (TPSA) is 38.3 Å². The van der Waals surface area contributed by atoms with E-state index >= 15 is 0 Å². The van der Waals surface area contributed by atoms with Crippen LogP contribution < -0.4 is 5.32 Å². The number of anilines is 1. The zero-order chi connectivity index (χ0) is 22.9. The van der Waals surface area contributed by atoms with Crippen LogP contribution in [0.25, 0.3) is 0 Å². The van der Waals surface area contributed by atoms with Gasteiger partial charge in [0.25, 0.3) is 0 Å². The second kappa shape index (κ2) is 8.68. The van der Waals surface area contributed by atoms with Crippen molar-refractivity contribution in [2.24, 2.45) is 0 Å². The number of rotatable bonds is 7. The molecule has 0 radical (unpaired) electrons. The Balaban J connectivity index is 1.78. The van der Waals surface area contributed by atoms with Crippen LogP contribution in [0.1, 0.15) is 89.5 Å². The summed E-state index contributed by atoms with van der Waals surface area (Å²) in [5.41, 5.74) is 6.28. The van der Waals surface area contributed by atoms with Crippen LogP contribution in [-0.2, 0) is 32.3 Å². The smallest absolute Gasteiger partial charge is 0.316 e. The Labute approximate surface area is 188 Å². The quantitative estimate of drug-likeness (QED) is 0.495. The highest BCUT2D eigenvalue weighted by Crippen LogP contribution is 2.46. The van der Waals surface area contributed by atoms with Gasteiger partial charge in [-0.05, 0) is 70.9 Å². The van der Waals surface area contributed by atoms with Gasteiger partial charge >= 0.3 is 5.97 Å². The normalized spacial score (nSPS) is 17.0. The minimum atomic E-state index is -0.565. The van der Waals surface area contributed by atoms with Gasteiger partial charge in [0.05, 0.1) is 12.5 Å². The molecule has 0 spiro atoms. The van der Waals surface area contributed by atoms with E-state index in [2.05, 4.69) is 75.5 Å². The Morgan fingerprint density at radius 2 is 1.52 bits per heavy atom. The average molecular weight is 422 g/mol. The highest BCUT2D eigenvalue weighted by atomic mass is 16.5. The van der Waals surface area contributed by atoms with E-state index < -0.39 is 5.41 Å². The number of nitrogens with one attached hydrogen (secondary N) is 1. The third-order valence-electron chi connectivity index (χ3n) is 7.63. The lowest BCUT2D eigenvalue weighted by Crippen LogP contribution is -2.35. The van der Waals surface area contributed by atoms with Gasteiger partial charge in [-0.15, -0.1) is 0 Å². The molecule has 0 bridgehead atoms. The second-order valence-corrected chi connectivity index (χ2v) is 10.4. The summed E-state index contributed by atoms with van der Waals surface area (Å²) in [4.78, 5) is 12.5. The van der Waals surface area contributed by atoms with Crippen molar-refractivity contribution in [2.45, 2.75) is 90.0 Å². The van der Waals surface area contributed by atoms with E-state index in [9.17, 15) is 4.79 Å². The van der Waals surface area contributed by atoms with Crippen LogP contribution in [0.3, 0.4) is 0 Å². The summed E-state index contributed by atoms with van der Waals surface area (Å²) in [5, 5.41) is 3.56. The summed E-state index contributed by atoms with van der Waals surface area (Å²) in [6, 6.07) is 15.3. The Bertz CT molecular complexity index is 921. The number of ether oxygens (including phenoxy) is 1. The fraction of sp³-hybridized carbons (Fsp3) is 0.536. The van der Waals surface area contributed by atoms with E-state index in [0.29, 0.717) is 0 Å². The summed E-state index contributed by atoms with van der Waals surface area (Å²) >= 11 is 0. The molecule has 168 valence electrons. The minimum absolute atomic E-state index is 0.155. The lowest BCUT2D eigenvalue weighted by molar-refractivity contribution is -0.148. The van der Waals surface area contributed by atoms with E-state index in [1.807, 2.05) is 13.8 Å². The number of carbonyl (C=O) groups is 1. The Hall–Kier alpha value is -2.29. The zero-order valence-electron chi connectivity index (χ0n) is 20.4. The first-order valence-electron chi connectivity index (χ1n) is 11.7. The lowest BCUT2D eigenvalue weighted by atomic mass is 9.63. The van der Waals surface area contributed by atoms with Gasteiger partial charge in [-0.25, -0.2) is 0 Å². The van der Waals surface area contributed by atoms with E-state index in [0.717, 1.165) is 30.6 Å². The second-order valence-electron chi connectivity index (χ2n) is 10.4. The minimum Gasteiger partial charge on any atom is -0.468 e. The molecule has 2 aromatic rings. The van der Waals surface area contributed by atoms with E-state index in [-0.39, 0.29) is 16.8 Å². The van der Waals surface area contributed by atoms with Crippen LogP contribution in [0.5, 0.6) is 0 Å². The van der Waals surface area contributed by atoms with Crippen molar-refractivity contribution in [3.05, 3.63) is 64.7 Å². The first-order chi connectivity index (χ1) is 14.6. The van der Waals surface area contributed by atoms with E-state index in [4.69, 9.17) is 4.74 Å². The molecule has 0 fully saturated rings. The first kappa shape index (κ1) is 23.4. The SMILES string of the molecule is CCC(CC)(C(=O)OC)c1ccc(NCc2ccc3c(c2)C(C)(C)CCC3(C)C)cc1.